The number of ether oxygens (including phenoxy) is 1. The van der Waals surface area contributed by atoms with Gasteiger partial charge in [-0.05, 0) is 44.3 Å². The number of rotatable bonds is 6. The van der Waals surface area contributed by atoms with Gasteiger partial charge in [0.05, 0.1) is 12.0 Å². The first-order valence-electron chi connectivity index (χ1n) is 7.43. The van der Waals surface area contributed by atoms with E-state index in [-0.39, 0.29) is 17.3 Å². The number of hydrogen-bond donors (Lipinski definition) is 2. The molecule has 0 radical (unpaired) electrons. The summed E-state index contributed by atoms with van der Waals surface area (Å²) in [6, 6.07) is 4.13. The van der Waals surface area contributed by atoms with Crippen molar-refractivity contribution in [2.24, 2.45) is 5.92 Å². The molecule has 1 amide bonds. The fraction of sp³-hybridized carbons (Fsp3) is 0.533. The molecule has 0 spiro atoms. The first-order chi connectivity index (χ1) is 10.6. The van der Waals surface area contributed by atoms with Gasteiger partial charge in [0.25, 0.3) is 5.91 Å². The lowest BCUT2D eigenvalue weighted by atomic mass is 9.96. The highest BCUT2D eigenvalue weighted by atomic mass is 16.6. The number of nitro groups is 1. The minimum atomic E-state index is -0.531. The molecule has 22 heavy (non-hydrogen) atoms. The quantitative estimate of drug-likeness (QED) is 0.616. The number of carbonyl (C=O) groups is 1. The number of benzene rings is 1. The van der Waals surface area contributed by atoms with Crippen LogP contribution in [0.25, 0.3) is 0 Å². The molecule has 1 fully saturated rings. The third kappa shape index (κ3) is 4.17. The zero-order valence-corrected chi connectivity index (χ0v) is 12.6. The van der Waals surface area contributed by atoms with Crippen molar-refractivity contribution in [3.63, 3.8) is 0 Å². The Morgan fingerprint density at radius 1 is 1.55 bits per heavy atom. The van der Waals surface area contributed by atoms with E-state index < -0.39 is 4.92 Å². The summed E-state index contributed by atoms with van der Waals surface area (Å²) in [6.07, 6.45) is 3.30. The van der Waals surface area contributed by atoms with E-state index >= 15 is 0 Å². The highest BCUT2D eigenvalue weighted by Gasteiger charge is 2.18. The van der Waals surface area contributed by atoms with E-state index in [1.165, 1.54) is 38.2 Å². The van der Waals surface area contributed by atoms with E-state index in [0.29, 0.717) is 18.0 Å². The fourth-order valence-corrected chi connectivity index (χ4v) is 2.63. The van der Waals surface area contributed by atoms with Gasteiger partial charge in [0.1, 0.15) is 0 Å². The highest BCUT2D eigenvalue weighted by molar-refractivity contribution is 5.95. The molecule has 120 valence electrons. The van der Waals surface area contributed by atoms with Gasteiger partial charge in [0, 0.05) is 24.2 Å². The molecule has 1 aliphatic rings. The topological polar surface area (TPSA) is 93.5 Å². The Labute approximate surface area is 129 Å². The Kier molecular flexibility index (Phi) is 5.71. The molecule has 1 aliphatic heterocycles. The molecule has 1 unspecified atom stereocenters. The molecule has 1 saturated heterocycles. The van der Waals surface area contributed by atoms with Crippen LogP contribution in [0.5, 0.6) is 5.75 Å². The summed E-state index contributed by atoms with van der Waals surface area (Å²) in [5.74, 6) is 0.451. The highest BCUT2D eigenvalue weighted by Crippen LogP contribution is 2.27. The van der Waals surface area contributed by atoms with Crippen LogP contribution in [0.4, 0.5) is 5.69 Å². The van der Waals surface area contributed by atoms with E-state index in [0.717, 1.165) is 19.5 Å². The Bertz CT molecular complexity index is 542. The van der Waals surface area contributed by atoms with Crippen molar-refractivity contribution >= 4 is 11.6 Å². The standard InChI is InChI=1S/C15H21N3O4/c1-22-14-9-12(4-5-13(14)18(20)21)15(19)17-8-6-11-3-2-7-16-10-11/h4-5,9,11,16H,2-3,6-8,10H2,1H3,(H,17,19). The molecule has 0 aliphatic carbocycles. The summed E-state index contributed by atoms with van der Waals surface area (Å²) < 4.78 is 4.97. The smallest absolute Gasteiger partial charge is 0.310 e. The van der Waals surface area contributed by atoms with E-state index in [2.05, 4.69) is 10.6 Å². The minimum absolute atomic E-state index is 0.0918. The summed E-state index contributed by atoms with van der Waals surface area (Å²) >= 11 is 0. The Morgan fingerprint density at radius 2 is 2.36 bits per heavy atom. The third-order valence-electron chi connectivity index (χ3n) is 3.88. The summed E-state index contributed by atoms with van der Waals surface area (Å²) in [7, 11) is 1.35. The van der Waals surface area contributed by atoms with Gasteiger partial charge in [-0.1, -0.05) is 0 Å². The molecule has 7 heteroatoms. The molecule has 1 aromatic rings. The maximum atomic E-state index is 12.1. The van der Waals surface area contributed by atoms with Crippen molar-refractivity contribution in [3.05, 3.63) is 33.9 Å². The van der Waals surface area contributed by atoms with Crippen molar-refractivity contribution in [2.75, 3.05) is 26.7 Å². The van der Waals surface area contributed by atoms with Crippen LogP contribution in [0.15, 0.2) is 18.2 Å². The summed E-state index contributed by atoms with van der Waals surface area (Å²) in [5.41, 5.74) is 0.219. The van der Waals surface area contributed by atoms with E-state index in [1.54, 1.807) is 0 Å². The number of nitro benzene ring substituents is 1. The second kappa shape index (κ2) is 7.74. The van der Waals surface area contributed by atoms with Crippen LogP contribution in [-0.2, 0) is 0 Å². The molecule has 2 N–H and O–H groups in total. The van der Waals surface area contributed by atoms with Gasteiger partial charge in [-0.25, -0.2) is 0 Å². The number of carbonyl (C=O) groups excluding carboxylic acids is 1. The fourth-order valence-electron chi connectivity index (χ4n) is 2.63. The first-order valence-corrected chi connectivity index (χ1v) is 7.43. The predicted molar refractivity (Wildman–Crippen MR) is 82.2 cm³/mol. The van der Waals surface area contributed by atoms with Gasteiger partial charge in [-0.3, -0.25) is 14.9 Å². The second-order valence-corrected chi connectivity index (χ2v) is 5.40. The van der Waals surface area contributed by atoms with Crippen LogP contribution in [-0.4, -0.2) is 37.6 Å². The normalized spacial score (nSPS) is 17.8. The first kappa shape index (κ1) is 16.2. The van der Waals surface area contributed by atoms with E-state index in [1.807, 2.05) is 0 Å². The molecule has 2 rings (SSSR count). The largest absolute Gasteiger partial charge is 0.490 e. The van der Waals surface area contributed by atoms with Gasteiger partial charge < -0.3 is 15.4 Å². The van der Waals surface area contributed by atoms with Crippen LogP contribution >= 0.6 is 0 Å². The SMILES string of the molecule is COc1cc(C(=O)NCCC2CCCNC2)ccc1[N+](=O)[O-]. The summed E-state index contributed by atoms with van der Waals surface area (Å²) in [6.45, 7) is 2.68. The van der Waals surface area contributed by atoms with Crippen LogP contribution in [0.2, 0.25) is 0 Å². The number of hydrogen-bond acceptors (Lipinski definition) is 5. The van der Waals surface area contributed by atoms with Crippen LogP contribution in [0, 0.1) is 16.0 Å². The van der Waals surface area contributed by atoms with Crippen LogP contribution in [0.1, 0.15) is 29.6 Å². The van der Waals surface area contributed by atoms with Crippen molar-refractivity contribution in [3.8, 4) is 5.75 Å². The Hall–Kier alpha value is -2.15. The minimum Gasteiger partial charge on any atom is -0.490 e. The molecular formula is C15H21N3O4. The number of piperidine rings is 1. The van der Waals surface area contributed by atoms with E-state index in [9.17, 15) is 14.9 Å². The Balaban J connectivity index is 1.90. The zero-order chi connectivity index (χ0) is 15.9. The van der Waals surface area contributed by atoms with Gasteiger partial charge in [0.2, 0.25) is 0 Å². The van der Waals surface area contributed by atoms with Crippen LogP contribution < -0.4 is 15.4 Å². The molecule has 1 atom stereocenters. The molecule has 1 heterocycles. The lowest BCUT2D eigenvalue weighted by molar-refractivity contribution is -0.385. The average Bonchev–Trinajstić information content (AvgIpc) is 2.55. The molecular weight excluding hydrogens is 286 g/mol. The van der Waals surface area contributed by atoms with Gasteiger partial charge >= 0.3 is 5.69 Å². The molecule has 0 bridgehead atoms. The predicted octanol–water partition coefficient (Wildman–Crippen LogP) is 1.72. The number of amides is 1. The second-order valence-electron chi connectivity index (χ2n) is 5.40. The van der Waals surface area contributed by atoms with Crippen LogP contribution in [0.3, 0.4) is 0 Å². The van der Waals surface area contributed by atoms with E-state index in [4.69, 9.17) is 4.74 Å². The van der Waals surface area contributed by atoms with Crippen molar-refractivity contribution < 1.29 is 14.5 Å². The van der Waals surface area contributed by atoms with Crippen molar-refractivity contribution in [1.82, 2.24) is 10.6 Å². The molecule has 1 aromatic carbocycles. The lowest BCUT2D eigenvalue weighted by Gasteiger charge is -2.22. The zero-order valence-electron chi connectivity index (χ0n) is 12.6. The van der Waals surface area contributed by atoms with Crippen molar-refractivity contribution in [1.29, 1.82) is 0 Å². The molecule has 0 saturated carbocycles. The third-order valence-corrected chi connectivity index (χ3v) is 3.88. The number of nitrogens with one attached hydrogen (secondary N) is 2. The number of methoxy groups -OCH3 is 1. The summed E-state index contributed by atoms with van der Waals surface area (Å²) in [5, 5.41) is 17.0. The monoisotopic (exact) mass is 307 g/mol. The lowest BCUT2D eigenvalue weighted by Crippen LogP contribution is -2.33. The maximum Gasteiger partial charge on any atom is 0.310 e. The van der Waals surface area contributed by atoms with Gasteiger partial charge in [-0.2, -0.15) is 0 Å². The van der Waals surface area contributed by atoms with Crippen molar-refractivity contribution in [2.45, 2.75) is 19.3 Å². The van der Waals surface area contributed by atoms with Gasteiger partial charge in [-0.15, -0.1) is 0 Å². The molecule has 7 nitrogen and oxygen atoms in total. The Morgan fingerprint density at radius 3 is 3.00 bits per heavy atom. The maximum absolute atomic E-state index is 12.1. The average molecular weight is 307 g/mol. The summed E-state index contributed by atoms with van der Waals surface area (Å²) in [4.78, 5) is 22.4. The number of nitrogens with zero attached hydrogens (tertiary/aromatic N) is 1. The molecule has 0 aromatic heterocycles. The van der Waals surface area contributed by atoms with Gasteiger partial charge in [0.15, 0.2) is 5.75 Å².